The Bertz CT molecular complexity index is 354. The zero-order valence-electron chi connectivity index (χ0n) is 9.33. The molecule has 0 bridgehead atoms. The van der Waals surface area contributed by atoms with Crippen LogP contribution in [-0.2, 0) is 5.60 Å². The molecule has 0 radical (unpaired) electrons. The number of aryl methyl sites for hydroxylation is 1. The molecule has 1 unspecified atom stereocenters. The summed E-state index contributed by atoms with van der Waals surface area (Å²) in [5.41, 5.74) is 7.00. The Morgan fingerprint density at radius 3 is 2.73 bits per heavy atom. The van der Waals surface area contributed by atoms with Gasteiger partial charge in [0.15, 0.2) is 0 Å². The Balaban J connectivity index is 2.50. The van der Waals surface area contributed by atoms with Crippen molar-refractivity contribution in [3.05, 3.63) is 23.4 Å². The molecule has 1 aromatic rings. The van der Waals surface area contributed by atoms with Crippen LogP contribution in [0.2, 0.25) is 0 Å². The number of nitrogens with two attached hydrogens (primary N) is 1. The van der Waals surface area contributed by atoms with Crippen molar-refractivity contribution < 1.29 is 5.11 Å². The van der Waals surface area contributed by atoms with Gasteiger partial charge in [0.2, 0.25) is 0 Å². The molecule has 1 aromatic heterocycles. The van der Waals surface area contributed by atoms with Crippen molar-refractivity contribution in [2.75, 3.05) is 5.73 Å². The summed E-state index contributed by atoms with van der Waals surface area (Å²) in [7, 11) is 0. The highest BCUT2D eigenvalue weighted by molar-refractivity contribution is 5.48. The largest absolute Gasteiger partial charge is 0.385 e. The summed E-state index contributed by atoms with van der Waals surface area (Å²) < 4.78 is 0. The third-order valence-corrected chi connectivity index (χ3v) is 3.41. The Labute approximate surface area is 90.3 Å². The highest BCUT2D eigenvalue weighted by Gasteiger charge is 2.45. The number of hydrogen-bond acceptors (Lipinski definition) is 3. The summed E-state index contributed by atoms with van der Waals surface area (Å²) in [6.45, 7) is 3.99. The minimum atomic E-state index is -0.761. The van der Waals surface area contributed by atoms with Crippen LogP contribution in [0, 0.1) is 12.8 Å². The minimum absolute atomic E-state index is 0.368. The molecular weight excluding hydrogens is 188 g/mol. The van der Waals surface area contributed by atoms with Gasteiger partial charge in [-0.2, -0.15) is 0 Å². The third kappa shape index (κ3) is 1.61. The average Bonchev–Trinajstić information content (AvgIpc) is 3.00. The van der Waals surface area contributed by atoms with Gasteiger partial charge in [0.05, 0.1) is 5.60 Å². The van der Waals surface area contributed by atoms with Crippen molar-refractivity contribution in [1.29, 1.82) is 0 Å². The van der Waals surface area contributed by atoms with E-state index in [1.54, 1.807) is 6.20 Å². The smallest absolute Gasteiger partial charge is 0.129 e. The van der Waals surface area contributed by atoms with Gasteiger partial charge in [0, 0.05) is 11.8 Å². The molecule has 3 nitrogen and oxygen atoms in total. The molecule has 1 heterocycles. The van der Waals surface area contributed by atoms with Gasteiger partial charge in [-0.25, -0.2) is 4.98 Å². The van der Waals surface area contributed by atoms with Crippen LogP contribution >= 0.6 is 0 Å². The van der Waals surface area contributed by atoms with Crippen molar-refractivity contribution in [2.45, 2.75) is 38.7 Å². The van der Waals surface area contributed by atoms with Gasteiger partial charge in [-0.1, -0.05) is 6.92 Å². The molecule has 1 aliphatic rings. The van der Waals surface area contributed by atoms with E-state index in [2.05, 4.69) is 4.98 Å². The van der Waals surface area contributed by atoms with Crippen LogP contribution in [0.3, 0.4) is 0 Å². The fraction of sp³-hybridized carbons (Fsp3) is 0.583. The van der Waals surface area contributed by atoms with Crippen molar-refractivity contribution >= 4 is 5.82 Å². The van der Waals surface area contributed by atoms with Gasteiger partial charge in [0.1, 0.15) is 5.82 Å². The first-order valence-corrected chi connectivity index (χ1v) is 5.53. The lowest BCUT2D eigenvalue weighted by Gasteiger charge is -2.29. The average molecular weight is 206 g/mol. The summed E-state index contributed by atoms with van der Waals surface area (Å²) in [5, 5.41) is 10.7. The summed E-state index contributed by atoms with van der Waals surface area (Å²) in [4.78, 5) is 4.08. The Morgan fingerprint density at radius 1 is 1.60 bits per heavy atom. The molecule has 2 rings (SSSR count). The van der Waals surface area contributed by atoms with E-state index in [-0.39, 0.29) is 0 Å². The maximum atomic E-state index is 10.7. The fourth-order valence-electron chi connectivity index (χ4n) is 2.37. The van der Waals surface area contributed by atoms with E-state index in [0.717, 1.165) is 24.0 Å². The van der Waals surface area contributed by atoms with E-state index in [9.17, 15) is 5.11 Å². The molecule has 1 atom stereocenters. The molecule has 82 valence electrons. The van der Waals surface area contributed by atoms with Crippen molar-refractivity contribution in [1.82, 2.24) is 4.98 Å². The number of nitrogens with zero attached hydrogens (tertiary/aromatic N) is 1. The predicted octanol–water partition coefficient (Wildman–Crippen LogP) is 1.98. The Morgan fingerprint density at radius 2 is 2.27 bits per heavy atom. The molecule has 3 N–H and O–H groups in total. The Hall–Kier alpha value is -1.09. The lowest BCUT2D eigenvalue weighted by molar-refractivity contribution is 0.00881. The van der Waals surface area contributed by atoms with E-state index >= 15 is 0 Å². The lowest BCUT2D eigenvalue weighted by atomic mass is 9.84. The molecule has 1 fully saturated rings. The van der Waals surface area contributed by atoms with Crippen LogP contribution in [0.4, 0.5) is 5.82 Å². The molecule has 15 heavy (non-hydrogen) atoms. The number of rotatable bonds is 3. The zero-order chi connectivity index (χ0) is 11.1. The lowest BCUT2D eigenvalue weighted by Crippen LogP contribution is -2.30. The van der Waals surface area contributed by atoms with Crippen LogP contribution in [-0.4, -0.2) is 10.1 Å². The van der Waals surface area contributed by atoms with Gasteiger partial charge in [-0.15, -0.1) is 0 Å². The number of pyridine rings is 1. The van der Waals surface area contributed by atoms with E-state index in [1.807, 2.05) is 19.9 Å². The maximum absolute atomic E-state index is 10.7. The van der Waals surface area contributed by atoms with E-state index in [1.165, 1.54) is 0 Å². The van der Waals surface area contributed by atoms with Gasteiger partial charge in [-0.05, 0) is 43.7 Å². The first-order chi connectivity index (χ1) is 7.09. The van der Waals surface area contributed by atoms with E-state index in [0.29, 0.717) is 18.2 Å². The zero-order valence-corrected chi connectivity index (χ0v) is 9.33. The molecule has 0 saturated heterocycles. The van der Waals surface area contributed by atoms with Crippen molar-refractivity contribution in [3.8, 4) is 0 Å². The van der Waals surface area contributed by atoms with E-state index < -0.39 is 5.60 Å². The topological polar surface area (TPSA) is 59.1 Å². The molecule has 0 amide bonds. The van der Waals surface area contributed by atoms with E-state index in [4.69, 9.17) is 5.73 Å². The standard InChI is InChI=1S/C12H18N2O/c1-3-12(15,9-4-5-9)10-8(2)6-7-14-11(10)13/h6-7,9,15H,3-5H2,1-2H3,(H2,13,14). The summed E-state index contributed by atoms with van der Waals surface area (Å²) in [6, 6.07) is 1.91. The van der Waals surface area contributed by atoms with Crippen molar-refractivity contribution in [2.24, 2.45) is 5.92 Å². The SMILES string of the molecule is CCC(O)(c1c(C)ccnc1N)C1CC1. The molecule has 0 aromatic carbocycles. The van der Waals surface area contributed by atoms with Crippen LogP contribution in [0.1, 0.15) is 37.3 Å². The van der Waals surface area contributed by atoms with Crippen molar-refractivity contribution in [3.63, 3.8) is 0 Å². The fourth-order valence-corrected chi connectivity index (χ4v) is 2.37. The second-order valence-corrected chi connectivity index (χ2v) is 4.44. The molecule has 0 spiro atoms. The normalized spacial score (nSPS) is 19.9. The summed E-state index contributed by atoms with van der Waals surface area (Å²) in [6.07, 6.45) is 4.59. The second kappa shape index (κ2) is 3.49. The molecule has 3 heteroatoms. The monoisotopic (exact) mass is 206 g/mol. The quantitative estimate of drug-likeness (QED) is 0.795. The number of hydrogen-bond donors (Lipinski definition) is 2. The molecule has 0 aliphatic heterocycles. The second-order valence-electron chi connectivity index (χ2n) is 4.44. The predicted molar refractivity (Wildman–Crippen MR) is 60.3 cm³/mol. The minimum Gasteiger partial charge on any atom is -0.385 e. The molecular formula is C12H18N2O. The van der Waals surface area contributed by atoms with Gasteiger partial charge in [-0.3, -0.25) is 0 Å². The summed E-state index contributed by atoms with van der Waals surface area (Å²) in [5.74, 6) is 0.846. The highest BCUT2D eigenvalue weighted by Crippen LogP contribution is 2.49. The van der Waals surface area contributed by atoms with Crippen LogP contribution in [0.5, 0.6) is 0 Å². The molecule has 1 saturated carbocycles. The molecule has 1 aliphatic carbocycles. The summed E-state index contributed by atoms with van der Waals surface area (Å²) >= 11 is 0. The van der Waals surface area contributed by atoms with Gasteiger partial charge < -0.3 is 10.8 Å². The first-order valence-electron chi connectivity index (χ1n) is 5.53. The van der Waals surface area contributed by atoms with Crippen LogP contribution < -0.4 is 5.73 Å². The highest BCUT2D eigenvalue weighted by atomic mass is 16.3. The van der Waals surface area contributed by atoms with Crippen LogP contribution in [0.25, 0.3) is 0 Å². The van der Waals surface area contributed by atoms with Crippen LogP contribution in [0.15, 0.2) is 12.3 Å². The maximum Gasteiger partial charge on any atom is 0.129 e. The first kappa shape index (κ1) is 10.4. The number of nitrogen functional groups attached to an aromatic ring is 1. The third-order valence-electron chi connectivity index (χ3n) is 3.41. The number of anilines is 1. The van der Waals surface area contributed by atoms with Gasteiger partial charge in [0.25, 0.3) is 0 Å². The number of aromatic nitrogens is 1. The van der Waals surface area contributed by atoms with Gasteiger partial charge >= 0.3 is 0 Å². The Kier molecular flexibility index (Phi) is 2.43. The number of aliphatic hydroxyl groups is 1.